The van der Waals surface area contributed by atoms with Gasteiger partial charge < -0.3 is 10.6 Å². The fraction of sp³-hybridized carbons (Fsp3) is 0.263. The zero-order chi connectivity index (χ0) is 17.4. The minimum Gasteiger partial charge on any atom is -0.370 e. The van der Waals surface area contributed by atoms with E-state index in [1.54, 1.807) is 6.92 Å². The molecule has 0 saturated heterocycles. The van der Waals surface area contributed by atoms with Gasteiger partial charge in [0, 0.05) is 12.2 Å². The minimum absolute atomic E-state index is 0.394. The normalized spacial score (nSPS) is 11.4. The summed E-state index contributed by atoms with van der Waals surface area (Å²) in [6.45, 7) is 4.34. The van der Waals surface area contributed by atoms with Crippen LogP contribution in [-0.2, 0) is 11.2 Å². The second-order valence-corrected chi connectivity index (χ2v) is 5.39. The molecule has 5 nitrogen and oxygen atoms in total. The highest BCUT2D eigenvalue weighted by Gasteiger charge is 2.22. The van der Waals surface area contributed by atoms with Crippen LogP contribution in [0.25, 0.3) is 0 Å². The number of carbonyl (C=O) groups excluding carboxylic acids is 2. The van der Waals surface area contributed by atoms with Crippen LogP contribution in [0.3, 0.4) is 0 Å². The standard InChI is InChI=1S/C19H23N3O2/c1-3-14-9-8-12-16(13-14)21-17(15-10-6-5-7-11-15)18(23)22-19(24)20-4-2/h5-13,17,21H,3-4H2,1-2H3,(H2,20,22,23,24)/t17-/m0/s1. The molecule has 0 aliphatic rings. The zero-order valence-corrected chi connectivity index (χ0v) is 14.0. The van der Waals surface area contributed by atoms with Crippen molar-refractivity contribution in [3.8, 4) is 0 Å². The summed E-state index contributed by atoms with van der Waals surface area (Å²) >= 11 is 0. The van der Waals surface area contributed by atoms with Crippen LogP contribution in [0.15, 0.2) is 54.6 Å². The van der Waals surface area contributed by atoms with Crippen molar-refractivity contribution in [2.24, 2.45) is 0 Å². The van der Waals surface area contributed by atoms with Crippen LogP contribution >= 0.6 is 0 Å². The van der Waals surface area contributed by atoms with E-state index in [2.05, 4.69) is 22.9 Å². The van der Waals surface area contributed by atoms with E-state index in [-0.39, 0.29) is 0 Å². The predicted molar refractivity (Wildman–Crippen MR) is 95.8 cm³/mol. The molecule has 2 rings (SSSR count). The summed E-state index contributed by atoms with van der Waals surface area (Å²) in [6.07, 6.45) is 0.913. The van der Waals surface area contributed by atoms with Crippen molar-refractivity contribution in [3.63, 3.8) is 0 Å². The van der Waals surface area contributed by atoms with E-state index in [0.29, 0.717) is 6.54 Å². The van der Waals surface area contributed by atoms with E-state index < -0.39 is 18.0 Å². The molecule has 0 radical (unpaired) electrons. The molecular weight excluding hydrogens is 302 g/mol. The summed E-state index contributed by atoms with van der Waals surface area (Å²) in [4.78, 5) is 24.2. The molecule has 3 amide bonds. The van der Waals surface area contributed by atoms with Gasteiger partial charge in [0.05, 0.1) is 0 Å². The number of benzene rings is 2. The van der Waals surface area contributed by atoms with Crippen molar-refractivity contribution in [1.82, 2.24) is 10.6 Å². The maximum atomic E-state index is 12.6. The Morgan fingerprint density at radius 1 is 1.00 bits per heavy atom. The van der Waals surface area contributed by atoms with Crippen LogP contribution in [0, 0.1) is 0 Å². The first-order valence-electron chi connectivity index (χ1n) is 8.13. The highest BCUT2D eigenvalue weighted by molar-refractivity contribution is 5.98. The number of rotatable bonds is 6. The number of anilines is 1. The smallest absolute Gasteiger partial charge is 0.321 e. The van der Waals surface area contributed by atoms with E-state index in [9.17, 15) is 9.59 Å². The molecule has 126 valence electrons. The number of hydrogen-bond donors (Lipinski definition) is 3. The molecule has 0 aliphatic carbocycles. The molecule has 2 aromatic rings. The molecule has 0 saturated carbocycles. The molecule has 3 N–H and O–H groups in total. The summed E-state index contributed by atoms with van der Waals surface area (Å²) in [5.74, 6) is -0.394. The van der Waals surface area contributed by atoms with Crippen molar-refractivity contribution in [2.75, 3.05) is 11.9 Å². The summed E-state index contributed by atoms with van der Waals surface area (Å²) < 4.78 is 0. The van der Waals surface area contributed by atoms with Gasteiger partial charge in [0.2, 0.25) is 0 Å². The fourth-order valence-electron chi connectivity index (χ4n) is 2.38. The molecule has 0 bridgehead atoms. The second-order valence-electron chi connectivity index (χ2n) is 5.39. The van der Waals surface area contributed by atoms with Crippen LogP contribution < -0.4 is 16.0 Å². The van der Waals surface area contributed by atoms with Gasteiger partial charge in [0.25, 0.3) is 5.91 Å². The van der Waals surface area contributed by atoms with Crippen molar-refractivity contribution < 1.29 is 9.59 Å². The van der Waals surface area contributed by atoms with Gasteiger partial charge >= 0.3 is 6.03 Å². The number of aryl methyl sites for hydroxylation is 1. The Labute approximate surface area is 142 Å². The van der Waals surface area contributed by atoms with E-state index in [1.165, 1.54) is 5.56 Å². The van der Waals surface area contributed by atoms with Crippen molar-refractivity contribution in [3.05, 3.63) is 65.7 Å². The second kappa shape index (κ2) is 8.72. The predicted octanol–water partition coefficient (Wildman–Crippen LogP) is 3.25. The number of nitrogens with one attached hydrogen (secondary N) is 3. The molecule has 0 unspecified atom stereocenters. The van der Waals surface area contributed by atoms with Gasteiger partial charge in [0.1, 0.15) is 6.04 Å². The van der Waals surface area contributed by atoms with Crippen molar-refractivity contribution in [1.29, 1.82) is 0 Å². The summed E-state index contributed by atoms with van der Waals surface area (Å²) in [7, 11) is 0. The minimum atomic E-state index is -0.652. The summed E-state index contributed by atoms with van der Waals surface area (Å²) in [6, 6.07) is 16.1. The first kappa shape index (κ1) is 17.5. The number of hydrogen-bond acceptors (Lipinski definition) is 3. The fourth-order valence-corrected chi connectivity index (χ4v) is 2.38. The van der Waals surface area contributed by atoms with Gasteiger partial charge in [-0.15, -0.1) is 0 Å². The highest BCUT2D eigenvalue weighted by atomic mass is 16.2. The molecule has 0 spiro atoms. The van der Waals surface area contributed by atoms with Crippen molar-refractivity contribution >= 4 is 17.6 Å². The van der Waals surface area contributed by atoms with E-state index >= 15 is 0 Å². The van der Waals surface area contributed by atoms with Gasteiger partial charge in [-0.25, -0.2) is 4.79 Å². The van der Waals surface area contributed by atoms with Crippen LogP contribution in [0.4, 0.5) is 10.5 Å². The Kier molecular flexibility index (Phi) is 6.37. The molecule has 0 heterocycles. The third-order valence-electron chi connectivity index (χ3n) is 3.62. The lowest BCUT2D eigenvalue weighted by molar-refractivity contribution is -0.120. The largest absolute Gasteiger partial charge is 0.370 e. The van der Waals surface area contributed by atoms with Crippen LogP contribution in [0.1, 0.15) is 31.0 Å². The summed E-state index contributed by atoms with van der Waals surface area (Å²) in [5.41, 5.74) is 2.81. The third kappa shape index (κ3) is 4.84. The molecule has 2 aromatic carbocycles. The lowest BCUT2D eigenvalue weighted by Gasteiger charge is -2.20. The molecule has 0 aromatic heterocycles. The number of imide groups is 1. The maximum Gasteiger partial charge on any atom is 0.321 e. The lowest BCUT2D eigenvalue weighted by Crippen LogP contribution is -2.43. The highest BCUT2D eigenvalue weighted by Crippen LogP contribution is 2.21. The quantitative estimate of drug-likeness (QED) is 0.763. The number of urea groups is 1. The monoisotopic (exact) mass is 325 g/mol. The average Bonchev–Trinajstić information content (AvgIpc) is 2.60. The first-order valence-corrected chi connectivity index (χ1v) is 8.13. The molecule has 5 heteroatoms. The molecule has 24 heavy (non-hydrogen) atoms. The molecule has 0 fully saturated rings. The average molecular weight is 325 g/mol. The molecular formula is C19H23N3O2. The van der Waals surface area contributed by atoms with E-state index in [0.717, 1.165) is 17.7 Å². The Morgan fingerprint density at radius 3 is 2.42 bits per heavy atom. The number of amides is 3. The Morgan fingerprint density at radius 2 is 1.75 bits per heavy atom. The number of carbonyl (C=O) groups is 2. The zero-order valence-electron chi connectivity index (χ0n) is 14.0. The first-order chi connectivity index (χ1) is 11.6. The van der Waals surface area contributed by atoms with Crippen LogP contribution in [0.5, 0.6) is 0 Å². The van der Waals surface area contributed by atoms with Crippen LogP contribution in [-0.4, -0.2) is 18.5 Å². The van der Waals surface area contributed by atoms with Gasteiger partial charge in [-0.1, -0.05) is 49.4 Å². The van der Waals surface area contributed by atoms with E-state index in [4.69, 9.17) is 0 Å². The van der Waals surface area contributed by atoms with Gasteiger partial charge in [-0.2, -0.15) is 0 Å². The topological polar surface area (TPSA) is 70.2 Å². The Balaban J connectivity index is 2.22. The van der Waals surface area contributed by atoms with Gasteiger partial charge in [0.15, 0.2) is 0 Å². The summed E-state index contributed by atoms with van der Waals surface area (Å²) in [5, 5.41) is 8.17. The van der Waals surface area contributed by atoms with Gasteiger partial charge in [-0.05, 0) is 36.6 Å². The molecule has 0 aliphatic heterocycles. The van der Waals surface area contributed by atoms with Crippen LogP contribution in [0.2, 0.25) is 0 Å². The third-order valence-corrected chi connectivity index (χ3v) is 3.62. The van der Waals surface area contributed by atoms with Crippen molar-refractivity contribution in [2.45, 2.75) is 26.3 Å². The maximum absolute atomic E-state index is 12.6. The lowest BCUT2D eigenvalue weighted by atomic mass is 10.1. The SMILES string of the molecule is CCNC(=O)NC(=O)[C@@H](Nc1cccc(CC)c1)c1ccccc1. The Bertz CT molecular complexity index is 686. The Hall–Kier alpha value is -2.82. The molecule has 1 atom stereocenters. The van der Waals surface area contributed by atoms with Gasteiger partial charge in [-0.3, -0.25) is 10.1 Å². The van der Waals surface area contributed by atoms with E-state index in [1.807, 2.05) is 54.6 Å².